The molecule has 2 heterocycles. The Morgan fingerprint density at radius 1 is 1.21 bits per heavy atom. The summed E-state index contributed by atoms with van der Waals surface area (Å²) in [4.78, 5) is 16.4. The molecule has 0 unspecified atom stereocenters. The fraction of sp³-hybridized carbons (Fsp3) is 0.500. The number of carbonyl (C=O) groups excluding carboxylic acids is 1. The van der Waals surface area contributed by atoms with Gasteiger partial charge in [0, 0.05) is 32.9 Å². The second-order valence-electron chi connectivity index (χ2n) is 6.41. The summed E-state index contributed by atoms with van der Waals surface area (Å²) in [6, 6.07) is 2.18. The van der Waals surface area contributed by atoms with E-state index < -0.39 is 11.7 Å². The van der Waals surface area contributed by atoms with Crippen LogP contribution in [0.15, 0.2) is 24.5 Å². The summed E-state index contributed by atoms with van der Waals surface area (Å²) in [7, 11) is 1.61. The van der Waals surface area contributed by atoms with Gasteiger partial charge in [-0.05, 0) is 18.1 Å². The van der Waals surface area contributed by atoms with Gasteiger partial charge in [0.25, 0.3) is 5.91 Å². The molecule has 0 aliphatic rings. The molecular weight excluding hydrogens is 411 g/mol. The first-order chi connectivity index (χ1) is 13.3. The Bertz CT molecular complexity index is 779. The van der Waals surface area contributed by atoms with Crippen molar-refractivity contribution in [1.29, 1.82) is 0 Å². The van der Waals surface area contributed by atoms with E-state index in [-0.39, 0.29) is 30.0 Å². The van der Waals surface area contributed by atoms with Crippen LogP contribution in [0.4, 0.5) is 13.2 Å². The summed E-state index contributed by atoms with van der Waals surface area (Å²) in [5, 5.41) is 10.1. The molecule has 0 fully saturated rings. The minimum Gasteiger partial charge on any atom is -0.383 e. The topological polar surface area (TPSA) is 81.1 Å². The lowest BCUT2D eigenvalue weighted by atomic mass is 10.1. The summed E-state index contributed by atoms with van der Waals surface area (Å²) in [6.07, 6.45) is -2.30. The van der Waals surface area contributed by atoms with Gasteiger partial charge < -0.3 is 15.4 Å². The first-order valence-corrected chi connectivity index (χ1v) is 8.85. The number of alkyl halides is 3. The van der Waals surface area contributed by atoms with E-state index in [2.05, 4.69) is 20.7 Å². The van der Waals surface area contributed by atoms with Crippen LogP contribution in [0.3, 0.4) is 0 Å². The molecule has 162 valence electrons. The largest absolute Gasteiger partial charge is 0.417 e. The number of nitrogens with zero attached hydrogens (tertiary/aromatic N) is 3. The molecule has 0 saturated carbocycles. The lowest BCUT2D eigenvalue weighted by Gasteiger charge is -2.13. The number of hydrogen-bond donors (Lipinski definition) is 2. The molecule has 0 aliphatic heterocycles. The van der Waals surface area contributed by atoms with Crippen LogP contribution in [0, 0.1) is 0 Å². The normalized spacial score (nSPS) is 11.4. The van der Waals surface area contributed by atoms with E-state index in [9.17, 15) is 18.0 Å². The minimum absolute atomic E-state index is 0. The number of halogens is 4. The molecule has 2 aromatic rings. The number of rotatable bonds is 9. The van der Waals surface area contributed by atoms with Crippen molar-refractivity contribution >= 4 is 18.3 Å². The van der Waals surface area contributed by atoms with Gasteiger partial charge >= 0.3 is 6.18 Å². The Labute approximate surface area is 173 Å². The van der Waals surface area contributed by atoms with Crippen molar-refractivity contribution in [3.8, 4) is 5.82 Å². The lowest BCUT2D eigenvalue weighted by Crippen LogP contribution is -2.33. The van der Waals surface area contributed by atoms with Gasteiger partial charge in [-0.25, -0.2) is 9.67 Å². The molecule has 11 heteroatoms. The first kappa shape index (κ1) is 24.9. The van der Waals surface area contributed by atoms with Crippen LogP contribution >= 0.6 is 12.4 Å². The standard InChI is InChI=1S/C18H24F3N5O2.ClH/c1-12(2)16-14(17(27)23-7-6-22-8-9-28-3)11-25-26(16)15-5-4-13(10-24-15)18(19,20)21;/h4-5,10-12,22H,6-9H2,1-3H3,(H,23,27);1H. The fourth-order valence-corrected chi connectivity index (χ4v) is 2.61. The molecule has 0 bridgehead atoms. The zero-order chi connectivity index (χ0) is 20.7. The van der Waals surface area contributed by atoms with E-state index in [1.54, 1.807) is 7.11 Å². The summed E-state index contributed by atoms with van der Waals surface area (Å²) < 4.78 is 44.5. The van der Waals surface area contributed by atoms with Gasteiger partial charge in [-0.15, -0.1) is 12.4 Å². The number of nitrogens with one attached hydrogen (secondary N) is 2. The highest BCUT2D eigenvalue weighted by Gasteiger charge is 2.31. The zero-order valence-electron chi connectivity index (χ0n) is 16.4. The predicted octanol–water partition coefficient (Wildman–Crippen LogP) is 2.80. The number of amides is 1. The Morgan fingerprint density at radius 3 is 2.48 bits per heavy atom. The molecule has 0 aromatic carbocycles. The van der Waals surface area contributed by atoms with Crippen LogP contribution in [0.1, 0.15) is 41.4 Å². The van der Waals surface area contributed by atoms with Crippen molar-refractivity contribution < 1.29 is 22.7 Å². The highest BCUT2D eigenvalue weighted by atomic mass is 35.5. The van der Waals surface area contributed by atoms with Crippen molar-refractivity contribution in [3.05, 3.63) is 41.3 Å². The van der Waals surface area contributed by atoms with Crippen LogP contribution in [0.2, 0.25) is 0 Å². The van der Waals surface area contributed by atoms with Crippen molar-refractivity contribution in [2.24, 2.45) is 0 Å². The number of methoxy groups -OCH3 is 1. The van der Waals surface area contributed by atoms with Crippen LogP contribution in [-0.4, -0.2) is 54.0 Å². The lowest BCUT2D eigenvalue weighted by molar-refractivity contribution is -0.137. The van der Waals surface area contributed by atoms with Crippen LogP contribution in [0.5, 0.6) is 0 Å². The van der Waals surface area contributed by atoms with Crippen LogP contribution < -0.4 is 10.6 Å². The number of aromatic nitrogens is 3. The average molecular weight is 436 g/mol. The molecule has 1 amide bonds. The second kappa shape index (κ2) is 11.1. The molecule has 0 radical (unpaired) electrons. The molecule has 0 saturated heterocycles. The van der Waals surface area contributed by atoms with E-state index >= 15 is 0 Å². The van der Waals surface area contributed by atoms with Gasteiger partial charge in [0.1, 0.15) is 0 Å². The summed E-state index contributed by atoms with van der Waals surface area (Å²) in [5.41, 5.74) is 0.110. The Kier molecular flexibility index (Phi) is 9.54. The quantitative estimate of drug-likeness (QED) is 0.592. The van der Waals surface area contributed by atoms with Gasteiger partial charge in [0.15, 0.2) is 5.82 Å². The molecular formula is C18H25ClF3N5O2. The van der Waals surface area contributed by atoms with E-state index in [4.69, 9.17) is 4.74 Å². The second-order valence-corrected chi connectivity index (χ2v) is 6.41. The van der Waals surface area contributed by atoms with Crippen molar-refractivity contribution in [2.45, 2.75) is 25.9 Å². The maximum absolute atomic E-state index is 12.7. The summed E-state index contributed by atoms with van der Waals surface area (Å²) in [5.74, 6) is -0.167. The maximum atomic E-state index is 12.7. The number of hydrogen-bond acceptors (Lipinski definition) is 5. The minimum atomic E-state index is -4.46. The van der Waals surface area contributed by atoms with Crippen LogP contribution in [-0.2, 0) is 10.9 Å². The Balaban J connectivity index is 0.00000420. The summed E-state index contributed by atoms with van der Waals surface area (Å²) >= 11 is 0. The molecule has 2 N–H and O–H groups in total. The van der Waals surface area contributed by atoms with Crippen molar-refractivity contribution in [3.63, 3.8) is 0 Å². The highest BCUT2D eigenvalue weighted by Crippen LogP contribution is 2.29. The van der Waals surface area contributed by atoms with Crippen molar-refractivity contribution in [2.75, 3.05) is 33.4 Å². The zero-order valence-corrected chi connectivity index (χ0v) is 17.2. The SMILES string of the molecule is COCCNCCNC(=O)c1cnn(-c2ccc(C(F)(F)F)cn2)c1C(C)C.Cl. The van der Waals surface area contributed by atoms with Gasteiger partial charge in [-0.1, -0.05) is 13.8 Å². The fourth-order valence-electron chi connectivity index (χ4n) is 2.61. The molecule has 29 heavy (non-hydrogen) atoms. The van der Waals surface area contributed by atoms with E-state index in [1.807, 2.05) is 13.8 Å². The third-order valence-electron chi connectivity index (χ3n) is 3.96. The van der Waals surface area contributed by atoms with Gasteiger partial charge in [-0.2, -0.15) is 18.3 Å². The highest BCUT2D eigenvalue weighted by molar-refractivity contribution is 5.95. The molecule has 0 aliphatic carbocycles. The predicted molar refractivity (Wildman–Crippen MR) is 105 cm³/mol. The van der Waals surface area contributed by atoms with E-state index in [0.29, 0.717) is 37.5 Å². The third-order valence-corrected chi connectivity index (χ3v) is 3.96. The van der Waals surface area contributed by atoms with E-state index in [1.165, 1.54) is 16.9 Å². The first-order valence-electron chi connectivity index (χ1n) is 8.85. The molecule has 2 rings (SSSR count). The van der Waals surface area contributed by atoms with Gasteiger partial charge in [-0.3, -0.25) is 4.79 Å². The maximum Gasteiger partial charge on any atom is 0.417 e. The van der Waals surface area contributed by atoms with Gasteiger partial charge in [0.2, 0.25) is 0 Å². The Hall–Kier alpha value is -2.17. The van der Waals surface area contributed by atoms with Crippen molar-refractivity contribution in [1.82, 2.24) is 25.4 Å². The summed E-state index contributed by atoms with van der Waals surface area (Å²) in [6.45, 7) is 6.02. The van der Waals surface area contributed by atoms with Gasteiger partial charge in [0.05, 0.1) is 29.6 Å². The van der Waals surface area contributed by atoms with E-state index in [0.717, 1.165) is 12.3 Å². The van der Waals surface area contributed by atoms with Crippen LogP contribution in [0.25, 0.3) is 5.82 Å². The number of carbonyl (C=O) groups is 1. The third kappa shape index (κ3) is 6.69. The number of ether oxygens (including phenoxy) is 1. The number of pyridine rings is 1. The Morgan fingerprint density at radius 2 is 1.93 bits per heavy atom. The molecule has 7 nitrogen and oxygen atoms in total. The molecule has 0 atom stereocenters. The smallest absolute Gasteiger partial charge is 0.383 e. The molecule has 2 aromatic heterocycles. The average Bonchev–Trinajstić information content (AvgIpc) is 3.09. The molecule has 0 spiro atoms. The monoisotopic (exact) mass is 435 g/mol.